The van der Waals surface area contributed by atoms with Gasteiger partial charge in [0.2, 0.25) is 5.88 Å². The highest BCUT2D eigenvalue weighted by molar-refractivity contribution is 9.10. The molecule has 1 fully saturated rings. The zero-order valence-corrected chi connectivity index (χ0v) is 19.0. The standard InChI is InChI=1S/C22H24BrN5O3/c1-26(2)17-6-3-15(4-7-17)21(29)25-24-20-18-13-16(23)5-8-19(18)28(22(20)30)14-27-9-11-31-12-10-27/h3-8,13,30H,9-12,14H2,1-2H3. The Morgan fingerprint density at radius 2 is 1.87 bits per heavy atom. The van der Waals surface area contributed by atoms with E-state index in [1.807, 2.05) is 49.3 Å². The Hall–Kier alpha value is -2.75. The van der Waals surface area contributed by atoms with Crippen molar-refractivity contribution in [3.8, 4) is 5.88 Å². The monoisotopic (exact) mass is 485 g/mol. The molecule has 0 bridgehead atoms. The number of fused-ring (bicyclic) bond motifs is 1. The molecule has 0 unspecified atom stereocenters. The second-order valence-corrected chi connectivity index (χ2v) is 8.50. The number of ether oxygens (including phenoxy) is 1. The number of aromatic nitrogens is 1. The molecule has 2 aromatic carbocycles. The molecule has 1 amide bonds. The van der Waals surface area contributed by atoms with Gasteiger partial charge >= 0.3 is 0 Å². The average molecular weight is 486 g/mol. The first-order valence-corrected chi connectivity index (χ1v) is 10.8. The molecular formula is C22H24BrN5O3. The Morgan fingerprint density at radius 3 is 2.55 bits per heavy atom. The number of carbonyl (C=O) groups excluding carboxylic acids is 1. The number of morpholine rings is 1. The third-order valence-electron chi connectivity index (χ3n) is 5.29. The zero-order valence-electron chi connectivity index (χ0n) is 17.5. The van der Waals surface area contributed by atoms with Gasteiger partial charge in [0, 0.05) is 48.3 Å². The average Bonchev–Trinajstić information content (AvgIpc) is 3.03. The largest absolute Gasteiger partial charge is 0.493 e. The molecular weight excluding hydrogens is 462 g/mol. The molecule has 0 atom stereocenters. The number of carbonyl (C=O) groups is 1. The van der Waals surface area contributed by atoms with Crippen molar-refractivity contribution in [1.29, 1.82) is 0 Å². The van der Waals surface area contributed by atoms with Crippen LogP contribution in [0, 0.1) is 0 Å². The number of amides is 1. The number of rotatable bonds is 5. The molecule has 31 heavy (non-hydrogen) atoms. The summed E-state index contributed by atoms with van der Waals surface area (Å²) in [7, 11) is 3.87. The molecule has 1 aromatic heterocycles. The summed E-state index contributed by atoms with van der Waals surface area (Å²) in [5.74, 6) is -0.479. The molecule has 9 heteroatoms. The van der Waals surface area contributed by atoms with Gasteiger partial charge in [-0.15, -0.1) is 10.2 Å². The molecule has 3 aromatic rings. The zero-order chi connectivity index (χ0) is 22.0. The van der Waals surface area contributed by atoms with Gasteiger partial charge in [-0.1, -0.05) is 15.9 Å². The Bertz CT molecular complexity index is 1120. The van der Waals surface area contributed by atoms with Crippen LogP contribution in [0.25, 0.3) is 10.9 Å². The number of halogens is 1. The lowest BCUT2D eigenvalue weighted by atomic mass is 10.2. The van der Waals surface area contributed by atoms with E-state index in [0.29, 0.717) is 25.4 Å². The Labute approximate surface area is 188 Å². The summed E-state index contributed by atoms with van der Waals surface area (Å²) in [5, 5.41) is 19.7. The van der Waals surface area contributed by atoms with Crippen molar-refractivity contribution in [3.63, 3.8) is 0 Å². The second kappa shape index (κ2) is 9.17. The van der Waals surface area contributed by atoms with E-state index in [1.54, 1.807) is 16.7 Å². The molecule has 4 rings (SSSR count). The van der Waals surface area contributed by atoms with Gasteiger partial charge in [0.05, 0.1) is 25.4 Å². The highest BCUT2D eigenvalue weighted by Crippen LogP contribution is 2.40. The maximum absolute atomic E-state index is 12.5. The van der Waals surface area contributed by atoms with E-state index in [9.17, 15) is 9.90 Å². The fourth-order valence-corrected chi connectivity index (χ4v) is 3.90. The number of aromatic hydroxyl groups is 1. The minimum absolute atomic E-state index is 0.0147. The van der Waals surface area contributed by atoms with Gasteiger partial charge in [-0.25, -0.2) is 0 Å². The van der Waals surface area contributed by atoms with Crippen LogP contribution in [0.1, 0.15) is 10.4 Å². The van der Waals surface area contributed by atoms with Crippen LogP contribution in [-0.2, 0) is 11.4 Å². The van der Waals surface area contributed by atoms with Crippen molar-refractivity contribution < 1.29 is 14.6 Å². The predicted molar refractivity (Wildman–Crippen MR) is 123 cm³/mol. The van der Waals surface area contributed by atoms with Crippen molar-refractivity contribution in [3.05, 3.63) is 52.5 Å². The SMILES string of the molecule is CN(C)c1ccc(C(=O)N=Nc2c(O)n(CN3CCOCC3)c3ccc(Br)cc23)cc1. The van der Waals surface area contributed by atoms with Crippen LogP contribution in [-0.4, -0.2) is 60.9 Å². The Balaban J connectivity index is 1.65. The molecule has 0 spiro atoms. The summed E-state index contributed by atoms with van der Waals surface area (Å²) >= 11 is 3.47. The van der Waals surface area contributed by atoms with Crippen LogP contribution in [0.4, 0.5) is 11.4 Å². The Kier molecular flexibility index (Phi) is 6.35. The number of hydrogen-bond acceptors (Lipinski definition) is 6. The third-order valence-corrected chi connectivity index (χ3v) is 5.78. The molecule has 2 heterocycles. The number of benzene rings is 2. The van der Waals surface area contributed by atoms with Crippen molar-refractivity contribution in [1.82, 2.24) is 9.47 Å². The minimum Gasteiger partial charge on any atom is -0.493 e. The van der Waals surface area contributed by atoms with Crippen LogP contribution in [0.15, 0.2) is 57.2 Å². The summed E-state index contributed by atoms with van der Waals surface area (Å²) in [5.41, 5.74) is 2.53. The van der Waals surface area contributed by atoms with E-state index in [1.165, 1.54) is 0 Å². The molecule has 0 radical (unpaired) electrons. The highest BCUT2D eigenvalue weighted by Gasteiger charge is 2.20. The third kappa shape index (κ3) is 4.63. The summed E-state index contributed by atoms with van der Waals surface area (Å²) < 4.78 is 8.05. The summed E-state index contributed by atoms with van der Waals surface area (Å²) in [6, 6.07) is 12.8. The first-order valence-electron chi connectivity index (χ1n) is 9.98. The fraction of sp³-hybridized carbons (Fsp3) is 0.318. The number of nitrogens with zero attached hydrogens (tertiary/aromatic N) is 5. The molecule has 0 aliphatic carbocycles. The van der Waals surface area contributed by atoms with Gasteiger partial charge in [0.1, 0.15) is 0 Å². The maximum Gasteiger partial charge on any atom is 0.295 e. The summed E-state index contributed by atoms with van der Waals surface area (Å²) in [4.78, 5) is 16.7. The quantitative estimate of drug-likeness (QED) is 0.541. The van der Waals surface area contributed by atoms with Gasteiger partial charge in [-0.05, 0) is 42.5 Å². The predicted octanol–water partition coefficient (Wildman–Crippen LogP) is 4.39. The smallest absolute Gasteiger partial charge is 0.295 e. The first-order chi connectivity index (χ1) is 14.9. The van der Waals surface area contributed by atoms with Crippen molar-refractivity contribution in [2.45, 2.75) is 6.67 Å². The molecule has 8 nitrogen and oxygen atoms in total. The number of hydrogen-bond donors (Lipinski definition) is 1. The van der Waals surface area contributed by atoms with Gasteiger partial charge in [-0.2, -0.15) is 0 Å². The van der Waals surface area contributed by atoms with Crippen LogP contribution in [0.5, 0.6) is 5.88 Å². The van der Waals surface area contributed by atoms with Crippen molar-refractivity contribution in [2.24, 2.45) is 10.2 Å². The lowest BCUT2D eigenvalue weighted by Crippen LogP contribution is -2.37. The van der Waals surface area contributed by atoms with E-state index in [4.69, 9.17) is 4.74 Å². The maximum atomic E-state index is 12.5. The lowest BCUT2D eigenvalue weighted by Gasteiger charge is -2.27. The molecule has 1 aliphatic rings. The number of azo groups is 1. The van der Waals surface area contributed by atoms with Crippen LogP contribution < -0.4 is 4.90 Å². The van der Waals surface area contributed by atoms with E-state index in [-0.39, 0.29) is 11.6 Å². The fourth-order valence-electron chi connectivity index (χ4n) is 3.54. The van der Waals surface area contributed by atoms with E-state index in [0.717, 1.165) is 34.2 Å². The summed E-state index contributed by atoms with van der Waals surface area (Å²) in [6.45, 7) is 3.41. The lowest BCUT2D eigenvalue weighted by molar-refractivity contribution is 0.0231. The van der Waals surface area contributed by atoms with Gasteiger partial charge < -0.3 is 14.7 Å². The highest BCUT2D eigenvalue weighted by atomic mass is 79.9. The van der Waals surface area contributed by atoms with Crippen LogP contribution in [0.3, 0.4) is 0 Å². The summed E-state index contributed by atoms with van der Waals surface area (Å²) in [6.07, 6.45) is 0. The minimum atomic E-state index is -0.464. The molecule has 0 saturated carbocycles. The van der Waals surface area contributed by atoms with Crippen molar-refractivity contribution >= 4 is 44.1 Å². The molecule has 162 valence electrons. The first kappa shape index (κ1) is 21.5. The van der Waals surface area contributed by atoms with E-state index < -0.39 is 5.91 Å². The van der Waals surface area contributed by atoms with E-state index >= 15 is 0 Å². The molecule has 1 N–H and O–H groups in total. The molecule has 1 saturated heterocycles. The van der Waals surface area contributed by atoms with Crippen molar-refractivity contribution in [2.75, 3.05) is 45.3 Å². The normalized spacial score (nSPS) is 15.1. The Morgan fingerprint density at radius 1 is 1.16 bits per heavy atom. The van der Waals surface area contributed by atoms with Crippen LogP contribution in [0.2, 0.25) is 0 Å². The topological polar surface area (TPSA) is 82.7 Å². The van der Waals surface area contributed by atoms with Gasteiger partial charge in [0.15, 0.2) is 5.69 Å². The van der Waals surface area contributed by atoms with Crippen LogP contribution >= 0.6 is 15.9 Å². The van der Waals surface area contributed by atoms with Gasteiger partial charge in [-0.3, -0.25) is 14.3 Å². The second-order valence-electron chi connectivity index (χ2n) is 7.58. The van der Waals surface area contributed by atoms with Gasteiger partial charge in [0.25, 0.3) is 5.91 Å². The van der Waals surface area contributed by atoms with E-state index in [2.05, 4.69) is 31.1 Å². The number of anilines is 1. The molecule has 1 aliphatic heterocycles.